The van der Waals surface area contributed by atoms with Crippen molar-refractivity contribution < 1.29 is 23.4 Å². The summed E-state index contributed by atoms with van der Waals surface area (Å²) in [7, 11) is 1.14. The Hall–Kier alpha value is -1.92. The maximum Gasteiger partial charge on any atom is 0.339 e. The number of halogens is 2. The van der Waals surface area contributed by atoms with E-state index in [1.165, 1.54) is 0 Å². The van der Waals surface area contributed by atoms with Crippen molar-refractivity contribution in [2.45, 2.75) is 6.43 Å². The Bertz CT molecular complexity index is 396. The molecule has 0 spiro atoms. The van der Waals surface area contributed by atoms with Gasteiger partial charge in [-0.3, -0.25) is 0 Å². The number of pyridine rings is 1. The predicted octanol–water partition coefficient (Wildman–Crippen LogP) is 1.31. The van der Waals surface area contributed by atoms with Gasteiger partial charge >= 0.3 is 5.97 Å². The van der Waals surface area contributed by atoms with Crippen molar-refractivity contribution >= 4 is 11.8 Å². The number of aromatic carboxylic acids is 1. The number of ether oxygens (including phenoxy) is 1. The fraction of sp³-hybridized carbons (Fsp3) is 0.250. The van der Waals surface area contributed by atoms with Gasteiger partial charge in [-0.25, -0.2) is 18.6 Å². The van der Waals surface area contributed by atoms with Crippen molar-refractivity contribution in [3.05, 3.63) is 17.3 Å². The standard InChI is InChI=1S/C8H8F2N2O3/c1-15-4-2-3(8(13)14)7(11)12-5(4)6(9)10/h2,6H,1H3,(H2,11,12)(H,13,14). The number of alkyl halides is 2. The molecule has 1 heterocycles. The molecule has 0 saturated heterocycles. The zero-order chi connectivity index (χ0) is 11.6. The second-order valence-electron chi connectivity index (χ2n) is 2.61. The number of carboxylic acids is 1. The third kappa shape index (κ3) is 2.12. The van der Waals surface area contributed by atoms with Gasteiger partial charge in [0, 0.05) is 6.07 Å². The molecule has 5 nitrogen and oxygen atoms in total. The molecule has 15 heavy (non-hydrogen) atoms. The zero-order valence-electron chi connectivity index (χ0n) is 7.70. The summed E-state index contributed by atoms with van der Waals surface area (Å²) in [4.78, 5) is 13.9. The fourth-order valence-corrected chi connectivity index (χ4v) is 1.02. The number of hydrogen-bond donors (Lipinski definition) is 2. The van der Waals surface area contributed by atoms with Crippen LogP contribution >= 0.6 is 0 Å². The highest BCUT2D eigenvalue weighted by molar-refractivity contribution is 5.93. The summed E-state index contributed by atoms with van der Waals surface area (Å²) in [5.41, 5.74) is 4.17. The minimum absolute atomic E-state index is 0.295. The number of methoxy groups -OCH3 is 1. The van der Waals surface area contributed by atoms with Gasteiger partial charge in [0.1, 0.15) is 17.1 Å². The predicted molar refractivity (Wildman–Crippen MR) is 47.1 cm³/mol. The van der Waals surface area contributed by atoms with Crippen LogP contribution in [0.25, 0.3) is 0 Å². The molecular weight excluding hydrogens is 210 g/mol. The molecular formula is C8H8F2N2O3. The van der Waals surface area contributed by atoms with Crippen LogP contribution < -0.4 is 10.5 Å². The van der Waals surface area contributed by atoms with Crippen molar-refractivity contribution in [1.82, 2.24) is 4.98 Å². The third-order valence-electron chi connectivity index (χ3n) is 1.70. The summed E-state index contributed by atoms with van der Waals surface area (Å²) >= 11 is 0. The Balaban J connectivity index is 3.35. The van der Waals surface area contributed by atoms with Gasteiger partial charge in [-0.1, -0.05) is 0 Å². The van der Waals surface area contributed by atoms with Crippen molar-refractivity contribution in [2.24, 2.45) is 0 Å². The Morgan fingerprint density at radius 3 is 2.67 bits per heavy atom. The fourth-order valence-electron chi connectivity index (χ4n) is 1.02. The van der Waals surface area contributed by atoms with Crippen LogP contribution in [0.15, 0.2) is 6.07 Å². The average molecular weight is 218 g/mol. The molecule has 0 fully saturated rings. The number of rotatable bonds is 3. The highest BCUT2D eigenvalue weighted by Crippen LogP contribution is 2.29. The van der Waals surface area contributed by atoms with Crippen LogP contribution in [0.3, 0.4) is 0 Å². The molecule has 0 saturated carbocycles. The average Bonchev–Trinajstić information content (AvgIpc) is 2.16. The smallest absolute Gasteiger partial charge is 0.339 e. The van der Waals surface area contributed by atoms with Crippen molar-refractivity contribution in [1.29, 1.82) is 0 Å². The van der Waals surface area contributed by atoms with E-state index in [1.807, 2.05) is 0 Å². The lowest BCUT2D eigenvalue weighted by molar-refractivity contribution is 0.0696. The molecule has 0 aromatic carbocycles. The van der Waals surface area contributed by atoms with Crippen LogP contribution in [0.4, 0.5) is 14.6 Å². The molecule has 7 heteroatoms. The lowest BCUT2D eigenvalue weighted by Gasteiger charge is -2.09. The van der Waals surface area contributed by atoms with E-state index in [-0.39, 0.29) is 11.3 Å². The van der Waals surface area contributed by atoms with E-state index < -0.39 is 23.9 Å². The highest BCUT2D eigenvalue weighted by Gasteiger charge is 2.20. The quantitative estimate of drug-likeness (QED) is 0.798. The summed E-state index contributed by atoms with van der Waals surface area (Å²) in [6.45, 7) is 0. The van der Waals surface area contributed by atoms with E-state index >= 15 is 0 Å². The first-order valence-electron chi connectivity index (χ1n) is 3.83. The number of nitrogen functional groups attached to an aromatic ring is 1. The largest absolute Gasteiger partial charge is 0.495 e. The minimum atomic E-state index is -2.87. The van der Waals surface area contributed by atoms with Gasteiger partial charge in [0.15, 0.2) is 5.69 Å². The van der Waals surface area contributed by atoms with Gasteiger partial charge in [0.2, 0.25) is 0 Å². The number of carbonyl (C=O) groups is 1. The van der Waals surface area contributed by atoms with Crippen LogP contribution in [0.5, 0.6) is 5.75 Å². The summed E-state index contributed by atoms with van der Waals surface area (Å²) < 4.78 is 29.4. The van der Waals surface area contributed by atoms with Gasteiger partial charge in [-0.2, -0.15) is 0 Å². The zero-order valence-corrected chi connectivity index (χ0v) is 7.70. The summed E-state index contributed by atoms with van der Waals surface area (Å²) in [5, 5.41) is 8.65. The van der Waals surface area contributed by atoms with Gasteiger partial charge in [0.05, 0.1) is 7.11 Å². The number of aromatic nitrogens is 1. The number of anilines is 1. The van der Waals surface area contributed by atoms with E-state index in [2.05, 4.69) is 9.72 Å². The first kappa shape index (κ1) is 11.2. The molecule has 0 atom stereocenters. The Kier molecular flexibility index (Phi) is 3.03. The molecule has 82 valence electrons. The maximum atomic E-state index is 12.4. The van der Waals surface area contributed by atoms with E-state index in [4.69, 9.17) is 10.8 Å². The van der Waals surface area contributed by atoms with E-state index in [0.717, 1.165) is 13.2 Å². The Morgan fingerprint density at radius 2 is 2.27 bits per heavy atom. The lowest BCUT2D eigenvalue weighted by Crippen LogP contribution is -2.08. The molecule has 0 amide bonds. The molecule has 0 unspecified atom stereocenters. The Morgan fingerprint density at radius 1 is 1.67 bits per heavy atom. The SMILES string of the molecule is COc1cc(C(=O)O)c(N)nc1C(F)F. The van der Waals surface area contributed by atoms with Crippen molar-refractivity contribution in [2.75, 3.05) is 12.8 Å². The van der Waals surface area contributed by atoms with Crippen LogP contribution in [-0.2, 0) is 0 Å². The van der Waals surface area contributed by atoms with Crippen LogP contribution in [0, 0.1) is 0 Å². The van der Waals surface area contributed by atoms with Crippen molar-refractivity contribution in [3.8, 4) is 5.75 Å². The number of nitrogens with two attached hydrogens (primary N) is 1. The third-order valence-corrected chi connectivity index (χ3v) is 1.70. The summed E-state index contributed by atoms with van der Waals surface area (Å²) in [6.07, 6.45) is -2.87. The van der Waals surface area contributed by atoms with Gasteiger partial charge < -0.3 is 15.6 Å². The van der Waals surface area contributed by atoms with Gasteiger partial charge in [-0.05, 0) is 0 Å². The van der Waals surface area contributed by atoms with E-state index in [9.17, 15) is 13.6 Å². The number of carboxylic acid groups (broad SMARTS) is 1. The molecule has 3 N–H and O–H groups in total. The number of nitrogens with zero attached hydrogens (tertiary/aromatic N) is 1. The van der Waals surface area contributed by atoms with E-state index in [0.29, 0.717) is 0 Å². The maximum absolute atomic E-state index is 12.4. The van der Waals surface area contributed by atoms with Gasteiger partial charge in [0.25, 0.3) is 6.43 Å². The molecule has 0 radical (unpaired) electrons. The van der Waals surface area contributed by atoms with Crippen LogP contribution in [-0.4, -0.2) is 23.2 Å². The van der Waals surface area contributed by atoms with Crippen LogP contribution in [0.1, 0.15) is 22.5 Å². The van der Waals surface area contributed by atoms with Crippen molar-refractivity contribution in [3.63, 3.8) is 0 Å². The van der Waals surface area contributed by atoms with Crippen LogP contribution in [0.2, 0.25) is 0 Å². The second kappa shape index (κ2) is 4.07. The highest BCUT2D eigenvalue weighted by atomic mass is 19.3. The molecule has 1 rings (SSSR count). The monoisotopic (exact) mass is 218 g/mol. The van der Waals surface area contributed by atoms with Gasteiger partial charge in [-0.15, -0.1) is 0 Å². The molecule has 1 aromatic rings. The molecule has 0 bridgehead atoms. The minimum Gasteiger partial charge on any atom is -0.495 e. The topological polar surface area (TPSA) is 85.4 Å². The van der Waals surface area contributed by atoms with E-state index in [1.54, 1.807) is 0 Å². The summed E-state index contributed by atoms with van der Waals surface area (Å²) in [5.74, 6) is -2.10. The molecule has 1 aromatic heterocycles. The Labute approximate surface area is 83.5 Å². The molecule has 0 aliphatic rings. The first-order chi connectivity index (χ1) is 6.97. The molecule has 0 aliphatic carbocycles. The number of hydrogen-bond acceptors (Lipinski definition) is 4. The lowest BCUT2D eigenvalue weighted by atomic mass is 10.2. The first-order valence-corrected chi connectivity index (χ1v) is 3.83. The normalized spacial score (nSPS) is 10.4. The second-order valence-corrected chi connectivity index (χ2v) is 2.61. The summed E-state index contributed by atoms with van der Waals surface area (Å²) in [6, 6.07) is 0.923. The molecule has 0 aliphatic heterocycles.